The number of hydrogen-bond donors (Lipinski definition) is 0. The van der Waals surface area contributed by atoms with Gasteiger partial charge in [-0.05, 0) is 0 Å². The van der Waals surface area contributed by atoms with Gasteiger partial charge in [0.15, 0.2) is 5.12 Å². The van der Waals surface area contributed by atoms with Crippen LogP contribution in [-0.2, 0) is 4.79 Å². The minimum atomic E-state index is -5.61. The Morgan fingerprint density at radius 1 is 1.32 bits per heavy atom. The second-order valence-corrected chi connectivity index (χ2v) is 7.70. The summed E-state index contributed by atoms with van der Waals surface area (Å²) in [6, 6.07) is 0. The van der Waals surface area contributed by atoms with Gasteiger partial charge in [-0.2, -0.15) is 22.0 Å². The quantitative estimate of drug-likeness (QED) is 0.685. The van der Waals surface area contributed by atoms with Crippen molar-refractivity contribution < 1.29 is 31.5 Å². The molecule has 22 heavy (non-hydrogen) atoms. The van der Waals surface area contributed by atoms with Crippen molar-refractivity contribution in [3.63, 3.8) is 0 Å². The van der Waals surface area contributed by atoms with Crippen molar-refractivity contribution in [2.45, 2.75) is 35.1 Å². The second kappa shape index (κ2) is 6.96. The van der Waals surface area contributed by atoms with Crippen LogP contribution < -0.4 is 4.74 Å². The van der Waals surface area contributed by atoms with Crippen LogP contribution in [-0.4, -0.2) is 34.8 Å². The predicted octanol–water partition coefficient (Wildman–Crippen LogP) is 4.84. The molecule has 2 heterocycles. The standard InChI is InChI=1S/C12H11F5O2S3/c13-11(14,12(15,16)17)2-1-10(18)21-4-7-3-19-8-5-20-6-9(8)22-7/h5-7H,1-4H2. The molecule has 10 heteroatoms. The smallest absolute Gasteiger partial charge is 0.453 e. The van der Waals surface area contributed by atoms with E-state index in [-0.39, 0.29) is 5.25 Å². The Kier molecular flexibility index (Phi) is 5.65. The summed E-state index contributed by atoms with van der Waals surface area (Å²) in [4.78, 5) is 12.4. The van der Waals surface area contributed by atoms with Crippen molar-refractivity contribution in [2.75, 3.05) is 12.4 Å². The number of halogens is 5. The summed E-state index contributed by atoms with van der Waals surface area (Å²) in [5.74, 6) is -3.72. The number of carbonyl (C=O) groups is 1. The minimum absolute atomic E-state index is 0.0285. The zero-order chi connectivity index (χ0) is 16.4. The van der Waals surface area contributed by atoms with Gasteiger partial charge in [0.2, 0.25) is 0 Å². The van der Waals surface area contributed by atoms with Crippen LogP contribution in [0, 0.1) is 0 Å². The van der Waals surface area contributed by atoms with Crippen LogP contribution in [0.4, 0.5) is 22.0 Å². The Hall–Kier alpha value is -0.480. The molecular formula is C12H11F5O2S3. The van der Waals surface area contributed by atoms with Crippen LogP contribution >= 0.6 is 34.9 Å². The third-order valence-corrected chi connectivity index (χ3v) is 6.19. The van der Waals surface area contributed by atoms with Gasteiger partial charge < -0.3 is 4.74 Å². The van der Waals surface area contributed by atoms with E-state index in [9.17, 15) is 26.7 Å². The fourth-order valence-corrected chi connectivity index (χ4v) is 4.61. The van der Waals surface area contributed by atoms with Gasteiger partial charge in [0.25, 0.3) is 0 Å². The highest BCUT2D eigenvalue weighted by atomic mass is 32.2. The van der Waals surface area contributed by atoms with Crippen molar-refractivity contribution in [3.05, 3.63) is 10.8 Å². The number of rotatable bonds is 5. The maximum Gasteiger partial charge on any atom is 0.453 e. The fraction of sp³-hybridized carbons (Fsp3) is 0.583. The SMILES string of the molecule is O=C(CCC(F)(F)C(F)(F)F)SCC1COc2cscc2S1. The first-order valence-electron chi connectivity index (χ1n) is 6.15. The third kappa shape index (κ3) is 4.51. The Balaban J connectivity index is 1.73. The van der Waals surface area contributed by atoms with Crippen molar-refractivity contribution in [3.8, 4) is 5.75 Å². The molecule has 0 fully saturated rings. The highest BCUT2D eigenvalue weighted by Gasteiger charge is 2.56. The number of thiophene rings is 1. The topological polar surface area (TPSA) is 26.3 Å². The monoisotopic (exact) mass is 378 g/mol. The molecule has 1 aromatic rings. The molecule has 0 saturated heterocycles. The van der Waals surface area contributed by atoms with Crippen LogP contribution in [0.1, 0.15) is 12.8 Å². The summed E-state index contributed by atoms with van der Waals surface area (Å²) in [5, 5.41) is 3.07. The summed E-state index contributed by atoms with van der Waals surface area (Å²) in [6.07, 6.45) is -7.93. The molecule has 0 aliphatic carbocycles. The first kappa shape index (κ1) is 17.9. The van der Waals surface area contributed by atoms with E-state index in [0.717, 1.165) is 22.4 Å². The van der Waals surface area contributed by atoms with Crippen LogP contribution in [0.5, 0.6) is 5.75 Å². The summed E-state index contributed by atoms with van der Waals surface area (Å²) in [5.41, 5.74) is 0. The van der Waals surface area contributed by atoms with Gasteiger partial charge in [-0.15, -0.1) is 23.1 Å². The Morgan fingerprint density at radius 2 is 2.05 bits per heavy atom. The maximum absolute atomic E-state index is 12.7. The lowest BCUT2D eigenvalue weighted by Gasteiger charge is -2.22. The van der Waals surface area contributed by atoms with Gasteiger partial charge in [0, 0.05) is 29.4 Å². The first-order valence-corrected chi connectivity index (χ1v) is 8.95. The highest BCUT2D eigenvalue weighted by Crippen LogP contribution is 2.41. The molecule has 0 bridgehead atoms. The summed E-state index contributed by atoms with van der Waals surface area (Å²) < 4.78 is 66.8. The van der Waals surface area contributed by atoms with E-state index in [2.05, 4.69) is 0 Å². The predicted molar refractivity (Wildman–Crippen MR) is 77.2 cm³/mol. The number of alkyl halides is 5. The third-order valence-electron chi connectivity index (χ3n) is 2.80. The molecule has 0 aromatic carbocycles. The average molecular weight is 378 g/mol. The van der Waals surface area contributed by atoms with E-state index in [4.69, 9.17) is 4.74 Å². The van der Waals surface area contributed by atoms with Crippen LogP contribution in [0.3, 0.4) is 0 Å². The van der Waals surface area contributed by atoms with Crippen LogP contribution in [0.2, 0.25) is 0 Å². The van der Waals surface area contributed by atoms with Crippen molar-refractivity contribution in [1.29, 1.82) is 0 Å². The van der Waals surface area contributed by atoms with Crippen molar-refractivity contribution in [1.82, 2.24) is 0 Å². The van der Waals surface area contributed by atoms with Gasteiger partial charge in [-0.25, -0.2) is 0 Å². The van der Waals surface area contributed by atoms with Crippen LogP contribution in [0.25, 0.3) is 0 Å². The normalized spacial score (nSPS) is 18.7. The van der Waals surface area contributed by atoms with E-state index >= 15 is 0 Å². The van der Waals surface area contributed by atoms with E-state index < -0.39 is 30.1 Å². The summed E-state index contributed by atoms with van der Waals surface area (Å²) >= 11 is 3.78. The Morgan fingerprint density at radius 3 is 2.73 bits per heavy atom. The van der Waals surface area contributed by atoms with E-state index in [1.165, 1.54) is 23.1 Å². The number of thioether (sulfide) groups is 2. The maximum atomic E-state index is 12.7. The average Bonchev–Trinajstić information content (AvgIpc) is 2.89. The first-order chi connectivity index (χ1) is 10.2. The molecule has 0 spiro atoms. The molecule has 1 aromatic heterocycles. The summed E-state index contributed by atoms with van der Waals surface area (Å²) in [6.45, 7) is 0.382. The lowest BCUT2D eigenvalue weighted by atomic mass is 10.2. The molecule has 0 amide bonds. The zero-order valence-electron chi connectivity index (χ0n) is 11.0. The lowest BCUT2D eigenvalue weighted by Crippen LogP contribution is -2.36. The summed E-state index contributed by atoms with van der Waals surface area (Å²) in [7, 11) is 0. The molecule has 1 aliphatic heterocycles. The van der Waals surface area contributed by atoms with E-state index in [1.54, 1.807) is 0 Å². The Bertz CT molecular complexity index is 529. The number of fused-ring (bicyclic) bond motifs is 1. The molecule has 1 atom stereocenters. The molecule has 0 saturated carbocycles. The second-order valence-electron chi connectivity index (χ2n) is 4.54. The van der Waals surface area contributed by atoms with Crippen molar-refractivity contribution >= 4 is 40.0 Å². The van der Waals surface area contributed by atoms with E-state index in [1.807, 2.05) is 10.8 Å². The van der Waals surface area contributed by atoms with Gasteiger partial charge >= 0.3 is 12.1 Å². The molecule has 1 aliphatic rings. The molecule has 0 radical (unpaired) electrons. The van der Waals surface area contributed by atoms with Crippen molar-refractivity contribution in [2.24, 2.45) is 0 Å². The Labute approximate surface area is 135 Å². The van der Waals surface area contributed by atoms with Gasteiger partial charge in [0.1, 0.15) is 12.4 Å². The van der Waals surface area contributed by atoms with Gasteiger partial charge in [0.05, 0.1) is 10.1 Å². The molecule has 1 unspecified atom stereocenters. The zero-order valence-corrected chi connectivity index (χ0v) is 13.4. The number of hydrogen-bond acceptors (Lipinski definition) is 5. The number of ether oxygens (including phenoxy) is 1. The lowest BCUT2D eigenvalue weighted by molar-refractivity contribution is -0.283. The molecular weight excluding hydrogens is 367 g/mol. The van der Waals surface area contributed by atoms with Gasteiger partial charge in [-0.3, -0.25) is 4.79 Å². The van der Waals surface area contributed by atoms with Crippen LogP contribution in [0.15, 0.2) is 15.7 Å². The largest absolute Gasteiger partial charge is 0.490 e. The molecule has 124 valence electrons. The fourth-order valence-electron chi connectivity index (χ4n) is 1.60. The van der Waals surface area contributed by atoms with E-state index in [0.29, 0.717) is 12.4 Å². The number of carbonyl (C=O) groups excluding carboxylic acids is 1. The minimum Gasteiger partial charge on any atom is -0.490 e. The molecule has 0 N–H and O–H groups in total. The molecule has 2 rings (SSSR count). The highest BCUT2D eigenvalue weighted by molar-refractivity contribution is 8.14. The van der Waals surface area contributed by atoms with Gasteiger partial charge in [-0.1, -0.05) is 11.8 Å². The molecule has 2 nitrogen and oxygen atoms in total.